The maximum Gasteiger partial charge on any atom is 0.410 e. The number of nitrogens with zero attached hydrogens (tertiary/aromatic N) is 5. The van der Waals surface area contributed by atoms with Crippen LogP contribution in [0.2, 0.25) is 5.15 Å². The van der Waals surface area contributed by atoms with Crippen molar-refractivity contribution in [3.8, 4) is 6.01 Å². The number of piperazine rings is 1. The third-order valence-corrected chi connectivity index (χ3v) is 7.50. The van der Waals surface area contributed by atoms with Crippen LogP contribution in [0.15, 0.2) is 6.07 Å². The average molecular weight is 482 g/mol. The molecule has 33 heavy (non-hydrogen) atoms. The molecule has 182 valence electrons. The third kappa shape index (κ3) is 4.58. The molecule has 0 aromatic carbocycles. The number of alkyl halides is 1. The van der Waals surface area contributed by atoms with Gasteiger partial charge in [-0.15, -0.1) is 0 Å². The monoisotopic (exact) mass is 481 g/mol. The van der Waals surface area contributed by atoms with Crippen molar-refractivity contribution in [3.63, 3.8) is 0 Å². The molecule has 8 nitrogen and oxygen atoms in total. The van der Waals surface area contributed by atoms with E-state index in [4.69, 9.17) is 21.1 Å². The van der Waals surface area contributed by atoms with E-state index in [1.165, 1.54) is 0 Å². The average Bonchev–Trinajstić information content (AvgIpc) is 3.32. The number of fused-ring (bicyclic) bond motifs is 3. The van der Waals surface area contributed by atoms with Crippen LogP contribution in [0.3, 0.4) is 0 Å². The molecule has 1 aromatic rings. The van der Waals surface area contributed by atoms with Gasteiger partial charge in [0, 0.05) is 32.1 Å². The lowest BCUT2D eigenvalue weighted by Gasteiger charge is -2.41. The molecule has 4 fully saturated rings. The van der Waals surface area contributed by atoms with E-state index in [2.05, 4.69) is 19.8 Å². The summed E-state index contributed by atoms with van der Waals surface area (Å²) >= 11 is 6.32. The molecule has 1 unspecified atom stereocenters. The van der Waals surface area contributed by atoms with Crippen LogP contribution in [-0.2, 0) is 4.74 Å². The molecule has 4 aliphatic heterocycles. The van der Waals surface area contributed by atoms with E-state index in [1.54, 1.807) is 6.07 Å². The lowest BCUT2D eigenvalue weighted by atomic mass is 9.95. The van der Waals surface area contributed by atoms with Gasteiger partial charge < -0.3 is 14.4 Å². The zero-order valence-electron chi connectivity index (χ0n) is 19.6. The first-order valence-electron chi connectivity index (χ1n) is 11.9. The Bertz CT molecular complexity index is 901. The molecule has 4 atom stereocenters. The van der Waals surface area contributed by atoms with E-state index < -0.39 is 11.8 Å². The zero-order valence-corrected chi connectivity index (χ0v) is 20.4. The summed E-state index contributed by atoms with van der Waals surface area (Å²) in [5, 5.41) is 0.312. The first-order chi connectivity index (χ1) is 15.6. The lowest BCUT2D eigenvalue weighted by molar-refractivity contribution is 0.0122. The number of carbonyl (C=O) groups is 1. The van der Waals surface area contributed by atoms with E-state index in [0.717, 1.165) is 32.2 Å². The predicted molar refractivity (Wildman–Crippen MR) is 123 cm³/mol. The lowest BCUT2D eigenvalue weighted by Crippen LogP contribution is -2.57. The molecule has 0 saturated carbocycles. The highest BCUT2D eigenvalue weighted by Gasteiger charge is 2.49. The Kier molecular flexibility index (Phi) is 5.84. The third-order valence-electron chi connectivity index (χ3n) is 7.30. The normalized spacial score (nSPS) is 31.7. The molecule has 0 N–H and O–H groups in total. The van der Waals surface area contributed by atoms with Gasteiger partial charge in [-0.05, 0) is 53.0 Å². The van der Waals surface area contributed by atoms with Gasteiger partial charge in [0.1, 0.15) is 29.4 Å². The second-order valence-electron chi connectivity index (χ2n) is 10.9. The number of halogens is 2. The second-order valence-corrected chi connectivity index (χ2v) is 11.3. The topological polar surface area (TPSA) is 71.0 Å². The number of amides is 1. The second kappa shape index (κ2) is 8.41. The molecule has 0 spiro atoms. The highest BCUT2D eigenvalue weighted by Crippen LogP contribution is 2.40. The van der Waals surface area contributed by atoms with Crippen molar-refractivity contribution in [2.45, 2.75) is 82.3 Å². The van der Waals surface area contributed by atoms with Gasteiger partial charge in [-0.1, -0.05) is 11.6 Å². The predicted octanol–water partition coefficient (Wildman–Crippen LogP) is 3.67. The minimum atomic E-state index is -0.804. The Morgan fingerprint density at radius 1 is 1.24 bits per heavy atom. The molecular formula is C23H33ClFN5O3. The Morgan fingerprint density at radius 2 is 1.97 bits per heavy atom. The zero-order chi connectivity index (χ0) is 23.4. The Hall–Kier alpha value is -1.87. The number of ether oxygens (including phenoxy) is 2. The quantitative estimate of drug-likeness (QED) is 0.607. The number of rotatable bonds is 4. The summed E-state index contributed by atoms with van der Waals surface area (Å²) in [5.41, 5.74) is -0.778. The summed E-state index contributed by atoms with van der Waals surface area (Å²) in [4.78, 5) is 27.9. The molecule has 2 bridgehead atoms. The van der Waals surface area contributed by atoms with E-state index in [9.17, 15) is 9.18 Å². The van der Waals surface area contributed by atoms with E-state index in [0.29, 0.717) is 43.6 Å². The minimum absolute atomic E-state index is 0.0719. The molecule has 1 aromatic heterocycles. The number of anilines is 1. The number of aromatic nitrogens is 2. The SMILES string of the molecule is CC(C)(C)OC(=O)N1C2CC[C@@H]1CN(c1cc(Cl)nc(OC[C@@]34CCCN3C[C@H](F)C4)n1)C2. The Morgan fingerprint density at radius 3 is 2.67 bits per heavy atom. The van der Waals surface area contributed by atoms with Crippen LogP contribution in [0.25, 0.3) is 0 Å². The first-order valence-corrected chi connectivity index (χ1v) is 12.3. The van der Waals surface area contributed by atoms with Crippen molar-refractivity contribution < 1.29 is 18.7 Å². The van der Waals surface area contributed by atoms with Crippen LogP contribution >= 0.6 is 11.6 Å². The maximum atomic E-state index is 14.1. The van der Waals surface area contributed by atoms with E-state index in [1.807, 2.05) is 25.7 Å². The van der Waals surface area contributed by atoms with Gasteiger partial charge in [0.2, 0.25) is 0 Å². The van der Waals surface area contributed by atoms with Crippen LogP contribution in [0.4, 0.5) is 15.0 Å². The fourth-order valence-corrected chi connectivity index (χ4v) is 6.13. The molecule has 0 radical (unpaired) electrons. The van der Waals surface area contributed by atoms with Crippen LogP contribution < -0.4 is 9.64 Å². The largest absolute Gasteiger partial charge is 0.461 e. The summed E-state index contributed by atoms with van der Waals surface area (Å²) in [6.07, 6.45) is 3.30. The molecule has 5 heterocycles. The van der Waals surface area contributed by atoms with Gasteiger partial charge >= 0.3 is 12.1 Å². The standard InChI is InChI=1S/C23H33ClFN5O3/c1-22(2,3)33-21(31)30-16-5-6-17(30)13-28(12-16)19-9-18(24)26-20(27-19)32-14-23-7-4-8-29(23)11-15(25)10-23/h9,15-17H,4-8,10-14H2,1-3H3/t15-,16-,17?,23+/m1/s1. The van der Waals surface area contributed by atoms with Crippen LogP contribution in [-0.4, -0.2) is 88.0 Å². The Labute approximate surface area is 199 Å². The van der Waals surface area contributed by atoms with Gasteiger partial charge in [0.05, 0.1) is 17.6 Å². The van der Waals surface area contributed by atoms with Gasteiger partial charge in [0.15, 0.2) is 0 Å². The van der Waals surface area contributed by atoms with Crippen molar-refractivity contribution in [1.82, 2.24) is 19.8 Å². The number of hydrogen-bond acceptors (Lipinski definition) is 7. The fraction of sp³-hybridized carbons (Fsp3) is 0.783. The summed E-state index contributed by atoms with van der Waals surface area (Å²) in [5.74, 6) is 0.696. The molecule has 4 aliphatic rings. The first kappa shape index (κ1) is 22.9. The Balaban J connectivity index is 1.27. The van der Waals surface area contributed by atoms with Crippen molar-refractivity contribution in [2.24, 2.45) is 0 Å². The summed E-state index contributed by atoms with van der Waals surface area (Å²) < 4.78 is 25.7. The maximum absolute atomic E-state index is 14.1. The van der Waals surface area contributed by atoms with Gasteiger partial charge in [-0.2, -0.15) is 9.97 Å². The van der Waals surface area contributed by atoms with Crippen LogP contribution in [0, 0.1) is 0 Å². The van der Waals surface area contributed by atoms with Crippen molar-refractivity contribution in [1.29, 1.82) is 0 Å². The molecule has 1 amide bonds. The summed E-state index contributed by atoms with van der Waals surface area (Å²) in [6.45, 7) is 8.73. The van der Waals surface area contributed by atoms with Gasteiger partial charge in [-0.25, -0.2) is 9.18 Å². The van der Waals surface area contributed by atoms with Crippen molar-refractivity contribution >= 4 is 23.5 Å². The van der Waals surface area contributed by atoms with Gasteiger partial charge in [-0.3, -0.25) is 9.80 Å². The van der Waals surface area contributed by atoms with Gasteiger partial charge in [0.25, 0.3) is 0 Å². The smallest absolute Gasteiger partial charge is 0.410 e. The summed E-state index contributed by atoms with van der Waals surface area (Å²) in [6, 6.07) is 2.11. The number of hydrogen-bond donors (Lipinski definition) is 0. The summed E-state index contributed by atoms with van der Waals surface area (Å²) in [7, 11) is 0. The molecule has 10 heteroatoms. The molecule has 0 aliphatic carbocycles. The molecule has 5 rings (SSSR count). The molecule has 4 saturated heterocycles. The van der Waals surface area contributed by atoms with Crippen LogP contribution in [0.1, 0.15) is 52.9 Å². The fourth-order valence-electron chi connectivity index (χ4n) is 5.96. The van der Waals surface area contributed by atoms with E-state index >= 15 is 0 Å². The van der Waals surface area contributed by atoms with Crippen molar-refractivity contribution in [3.05, 3.63) is 11.2 Å². The minimum Gasteiger partial charge on any atom is -0.461 e. The highest BCUT2D eigenvalue weighted by molar-refractivity contribution is 6.29. The molecular weight excluding hydrogens is 449 g/mol. The van der Waals surface area contributed by atoms with Crippen LogP contribution in [0.5, 0.6) is 6.01 Å². The number of carbonyl (C=O) groups excluding carboxylic acids is 1. The highest BCUT2D eigenvalue weighted by atomic mass is 35.5. The van der Waals surface area contributed by atoms with Crippen molar-refractivity contribution in [2.75, 3.05) is 37.7 Å². The van der Waals surface area contributed by atoms with E-state index in [-0.39, 0.29) is 29.7 Å².